The standard InChI is InChI=1S/C23H21ClO6S/c1-2-28-18-14-12-17(13-15-18)16-29-23(25)22(20-10-6-7-11-21(20)24)30-31(26,27)19-8-4-3-5-9-19/h3-15,22H,2,16H2,1H3/t22-/m1/s1. The normalized spacial score (nSPS) is 12.2. The molecule has 0 aromatic heterocycles. The molecule has 0 amide bonds. The fourth-order valence-corrected chi connectivity index (χ4v) is 4.03. The van der Waals surface area contributed by atoms with Gasteiger partial charge in [0.2, 0.25) is 6.10 Å². The van der Waals surface area contributed by atoms with Gasteiger partial charge in [-0.3, -0.25) is 0 Å². The Labute approximate surface area is 186 Å². The smallest absolute Gasteiger partial charge is 0.341 e. The van der Waals surface area contributed by atoms with E-state index in [0.29, 0.717) is 17.9 Å². The number of carbonyl (C=O) groups excluding carboxylic acids is 1. The molecule has 3 aromatic rings. The van der Waals surface area contributed by atoms with Crippen LogP contribution in [-0.4, -0.2) is 21.0 Å². The van der Waals surface area contributed by atoms with Crippen LogP contribution in [0.15, 0.2) is 83.8 Å². The molecule has 6 nitrogen and oxygen atoms in total. The van der Waals surface area contributed by atoms with Gasteiger partial charge >= 0.3 is 5.97 Å². The van der Waals surface area contributed by atoms with Gasteiger partial charge in [-0.1, -0.05) is 60.1 Å². The minimum Gasteiger partial charge on any atom is -0.494 e. The Bertz CT molecular complexity index is 1110. The zero-order valence-electron chi connectivity index (χ0n) is 16.7. The summed E-state index contributed by atoms with van der Waals surface area (Å²) < 4.78 is 41.5. The van der Waals surface area contributed by atoms with Gasteiger partial charge in [-0.2, -0.15) is 8.42 Å². The van der Waals surface area contributed by atoms with E-state index in [9.17, 15) is 13.2 Å². The molecule has 0 fully saturated rings. The quantitative estimate of drug-likeness (QED) is 0.333. The van der Waals surface area contributed by atoms with Crippen molar-refractivity contribution in [2.75, 3.05) is 6.61 Å². The van der Waals surface area contributed by atoms with E-state index >= 15 is 0 Å². The highest BCUT2D eigenvalue weighted by molar-refractivity contribution is 7.86. The van der Waals surface area contributed by atoms with Crippen molar-refractivity contribution in [3.8, 4) is 5.75 Å². The summed E-state index contributed by atoms with van der Waals surface area (Å²) in [6, 6.07) is 20.9. The van der Waals surface area contributed by atoms with Crippen molar-refractivity contribution < 1.29 is 26.9 Å². The molecule has 0 aliphatic heterocycles. The van der Waals surface area contributed by atoms with Gasteiger partial charge in [-0.15, -0.1) is 0 Å². The minimum atomic E-state index is -4.24. The molecular formula is C23H21ClO6S. The van der Waals surface area contributed by atoms with Crippen molar-refractivity contribution in [3.05, 3.63) is 95.0 Å². The van der Waals surface area contributed by atoms with E-state index in [-0.39, 0.29) is 22.1 Å². The number of hydrogen-bond donors (Lipinski definition) is 0. The van der Waals surface area contributed by atoms with E-state index < -0.39 is 22.2 Å². The van der Waals surface area contributed by atoms with Crippen LogP contribution in [0.1, 0.15) is 24.2 Å². The first-order valence-electron chi connectivity index (χ1n) is 9.52. The summed E-state index contributed by atoms with van der Waals surface area (Å²) >= 11 is 6.21. The molecule has 0 N–H and O–H groups in total. The third-order valence-corrected chi connectivity index (χ3v) is 5.91. The second kappa shape index (κ2) is 10.4. The summed E-state index contributed by atoms with van der Waals surface area (Å²) in [6.07, 6.45) is -1.55. The third kappa shape index (κ3) is 6.07. The first-order valence-corrected chi connectivity index (χ1v) is 11.3. The van der Waals surface area contributed by atoms with Crippen LogP contribution in [0.3, 0.4) is 0 Å². The van der Waals surface area contributed by atoms with Crippen molar-refractivity contribution in [2.45, 2.75) is 24.5 Å². The molecule has 162 valence electrons. The molecule has 31 heavy (non-hydrogen) atoms. The van der Waals surface area contributed by atoms with Crippen LogP contribution >= 0.6 is 11.6 Å². The van der Waals surface area contributed by atoms with Gasteiger partial charge in [0.15, 0.2) is 0 Å². The average molecular weight is 461 g/mol. The first-order chi connectivity index (χ1) is 14.9. The van der Waals surface area contributed by atoms with E-state index in [1.807, 2.05) is 6.92 Å². The molecule has 0 aliphatic rings. The number of carbonyl (C=O) groups is 1. The molecule has 3 aromatic carbocycles. The summed E-state index contributed by atoms with van der Waals surface area (Å²) in [5.74, 6) is -0.176. The van der Waals surface area contributed by atoms with Crippen molar-refractivity contribution in [1.82, 2.24) is 0 Å². The number of rotatable bonds is 9. The van der Waals surface area contributed by atoms with Crippen molar-refractivity contribution >= 4 is 27.7 Å². The van der Waals surface area contributed by atoms with Gasteiger partial charge in [-0.25, -0.2) is 8.98 Å². The number of esters is 1. The Morgan fingerprint density at radius 2 is 1.58 bits per heavy atom. The largest absolute Gasteiger partial charge is 0.494 e. The zero-order chi connectivity index (χ0) is 22.3. The topological polar surface area (TPSA) is 78.9 Å². The van der Waals surface area contributed by atoms with E-state index in [1.165, 1.54) is 18.2 Å². The number of halogens is 1. The Balaban J connectivity index is 1.81. The van der Waals surface area contributed by atoms with Gasteiger partial charge in [0.25, 0.3) is 10.1 Å². The second-order valence-corrected chi connectivity index (χ2v) is 8.43. The Hall–Kier alpha value is -2.87. The van der Waals surface area contributed by atoms with E-state index in [4.69, 9.17) is 25.3 Å². The molecule has 0 spiro atoms. The van der Waals surface area contributed by atoms with Crippen LogP contribution in [0, 0.1) is 0 Å². The van der Waals surface area contributed by atoms with Gasteiger partial charge < -0.3 is 9.47 Å². The van der Waals surface area contributed by atoms with Gasteiger partial charge in [0, 0.05) is 10.6 Å². The zero-order valence-corrected chi connectivity index (χ0v) is 18.3. The lowest BCUT2D eigenvalue weighted by Crippen LogP contribution is -2.22. The van der Waals surface area contributed by atoms with Crippen molar-refractivity contribution in [1.29, 1.82) is 0 Å². The maximum Gasteiger partial charge on any atom is 0.341 e. The molecule has 0 aliphatic carbocycles. The molecule has 3 rings (SSSR count). The fraction of sp³-hybridized carbons (Fsp3) is 0.174. The highest BCUT2D eigenvalue weighted by atomic mass is 35.5. The lowest BCUT2D eigenvalue weighted by molar-refractivity contribution is -0.153. The predicted molar refractivity (Wildman–Crippen MR) is 116 cm³/mol. The monoisotopic (exact) mass is 460 g/mol. The molecule has 0 saturated carbocycles. The average Bonchev–Trinajstić information content (AvgIpc) is 2.78. The lowest BCUT2D eigenvalue weighted by Gasteiger charge is -2.18. The Morgan fingerprint density at radius 1 is 0.935 bits per heavy atom. The summed E-state index contributed by atoms with van der Waals surface area (Å²) in [6.45, 7) is 2.36. The summed E-state index contributed by atoms with van der Waals surface area (Å²) in [5.41, 5.74) is 0.904. The summed E-state index contributed by atoms with van der Waals surface area (Å²) in [4.78, 5) is 12.8. The maximum absolute atomic E-state index is 12.9. The van der Waals surface area contributed by atoms with Crippen LogP contribution in [0.2, 0.25) is 5.02 Å². The van der Waals surface area contributed by atoms with Crippen molar-refractivity contribution in [3.63, 3.8) is 0 Å². The molecule has 0 heterocycles. The molecule has 0 unspecified atom stereocenters. The summed E-state index contributed by atoms with van der Waals surface area (Å²) in [7, 11) is -4.24. The lowest BCUT2D eigenvalue weighted by atomic mass is 10.1. The summed E-state index contributed by atoms with van der Waals surface area (Å²) in [5, 5.41) is 0.189. The highest BCUT2D eigenvalue weighted by Gasteiger charge is 2.32. The number of benzene rings is 3. The van der Waals surface area contributed by atoms with E-state index in [2.05, 4.69) is 0 Å². The van der Waals surface area contributed by atoms with Gasteiger partial charge in [-0.05, 0) is 42.8 Å². The predicted octanol–water partition coefficient (Wildman–Crippen LogP) is 4.93. The van der Waals surface area contributed by atoms with E-state index in [1.54, 1.807) is 60.7 Å². The van der Waals surface area contributed by atoms with Crippen LogP contribution in [0.5, 0.6) is 5.75 Å². The van der Waals surface area contributed by atoms with Crippen LogP contribution in [-0.2, 0) is 30.4 Å². The van der Waals surface area contributed by atoms with Gasteiger partial charge in [0.1, 0.15) is 12.4 Å². The SMILES string of the molecule is CCOc1ccc(COC(=O)[C@H](OS(=O)(=O)c2ccccc2)c2ccccc2Cl)cc1. The fourth-order valence-electron chi connectivity index (χ4n) is 2.75. The number of hydrogen-bond acceptors (Lipinski definition) is 6. The Morgan fingerprint density at radius 3 is 2.23 bits per heavy atom. The molecule has 0 bridgehead atoms. The maximum atomic E-state index is 12.9. The number of ether oxygens (including phenoxy) is 2. The second-order valence-electron chi connectivity index (χ2n) is 6.45. The first kappa shape index (κ1) is 22.8. The van der Waals surface area contributed by atoms with Gasteiger partial charge in [0.05, 0.1) is 11.5 Å². The molecule has 0 radical (unpaired) electrons. The van der Waals surface area contributed by atoms with Crippen LogP contribution < -0.4 is 4.74 Å². The third-order valence-electron chi connectivity index (χ3n) is 4.27. The van der Waals surface area contributed by atoms with Crippen molar-refractivity contribution in [2.24, 2.45) is 0 Å². The van der Waals surface area contributed by atoms with Crippen LogP contribution in [0.25, 0.3) is 0 Å². The molecule has 8 heteroatoms. The van der Waals surface area contributed by atoms with Crippen LogP contribution in [0.4, 0.5) is 0 Å². The molecular weight excluding hydrogens is 440 g/mol. The molecule has 0 saturated heterocycles. The minimum absolute atomic E-state index is 0.0685. The van der Waals surface area contributed by atoms with E-state index in [0.717, 1.165) is 0 Å². The molecule has 1 atom stereocenters. The highest BCUT2D eigenvalue weighted by Crippen LogP contribution is 2.30. The Kier molecular flexibility index (Phi) is 7.68.